The molecule has 0 saturated carbocycles. The molecule has 20 heteroatoms. The molecule has 0 saturated heterocycles. The van der Waals surface area contributed by atoms with E-state index in [0.717, 1.165) is 108 Å². The van der Waals surface area contributed by atoms with Crippen LogP contribution in [0.25, 0.3) is 22.5 Å². The number of anilines is 4. The number of nitrogens with zero attached hydrogens (tertiary/aromatic N) is 13. The van der Waals surface area contributed by atoms with Crippen molar-refractivity contribution in [1.82, 2.24) is 79.9 Å². The second-order valence-electron chi connectivity index (χ2n) is 20.7. The van der Waals surface area contributed by atoms with Crippen LogP contribution >= 0.6 is 0 Å². The summed E-state index contributed by atoms with van der Waals surface area (Å²) in [7, 11) is 0. The van der Waals surface area contributed by atoms with Gasteiger partial charge in [0, 0.05) is 87.1 Å². The highest BCUT2D eigenvalue weighted by Gasteiger charge is 2.21. The molecule has 0 bridgehead atoms. The number of benzene rings is 2. The fraction of sp³-hybridized carbons (Fsp3) is 0.370. The maximum Gasteiger partial charge on any atom is 0.254 e. The van der Waals surface area contributed by atoms with Crippen molar-refractivity contribution in [3.8, 4) is 22.5 Å². The number of likely N-dealkylation sites (N-methyl/N-ethyl adjacent to an activating group) is 1. The third-order valence-corrected chi connectivity index (χ3v) is 13.1. The highest BCUT2D eigenvalue weighted by Crippen LogP contribution is 2.27. The number of aromatic nitrogens is 12. The number of fused-ring (bicyclic) bond motifs is 2. The zero-order chi connectivity index (χ0) is 52.1. The number of rotatable bonds is 13. The van der Waals surface area contributed by atoms with Gasteiger partial charge in [0.15, 0.2) is 11.6 Å². The van der Waals surface area contributed by atoms with Gasteiger partial charge >= 0.3 is 0 Å². The van der Waals surface area contributed by atoms with E-state index in [1.165, 1.54) is 5.69 Å². The first-order chi connectivity index (χ1) is 35.4. The van der Waals surface area contributed by atoms with Crippen molar-refractivity contribution in [2.45, 2.75) is 113 Å². The average Bonchev–Trinajstić information content (AvgIpc) is 4.22. The molecule has 2 aliphatic rings. The monoisotopic (exact) mass is 999 g/mol. The standard InChI is InChI=1S/C28H35N9O.C26H31N9O/c1-6-35-9-10-36-23(17-35)12-26(34-36)33-25-13-24(30-18-31-25)20-7-8-21(19(2)11-20)14-29-27(38)22-15-32-37(16-22)28(3,4)5;1-17-9-18(5-6-19(17)12-28-25(36)20-13-31-35(15-20)26(2,3)4)22-11-23(30-16-29-22)32-24-10-21-14-27-7-8-34(21)33-24/h7-8,11-13,15-16,18H,6,9-10,14,17H2,1-5H3,(H,29,38)(H,30,31,33,34);5-6,9-11,13,15-16,27H,7-8,12,14H2,1-4H3,(H,28,36)(H,29,30,32,33). The van der Waals surface area contributed by atoms with E-state index < -0.39 is 0 Å². The molecule has 0 aliphatic carbocycles. The molecule has 6 aromatic heterocycles. The maximum atomic E-state index is 12.6. The summed E-state index contributed by atoms with van der Waals surface area (Å²) in [5.74, 6) is 2.67. The summed E-state index contributed by atoms with van der Waals surface area (Å²) in [5, 5.41) is 33.9. The molecule has 20 nitrogen and oxygen atoms in total. The van der Waals surface area contributed by atoms with Crippen LogP contribution in [0.1, 0.15) is 103 Å². The van der Waals surface area contributed by atoms with E-state index in [9.17, 15) is 9.59 Å². The van der Waals surface area contributed by atoms with Crippen molar-refractivity contribution >= 4 is 35.1 Å². The van der Waals surface area contributed by atoms with Crippen LogP contribution in [0.3, 0.4) is 0 Å². The average molecular weight is 999 g/mol. The van der Waals surface area contributed by atoms with Crippen LogP contribution in [0.5, 0.6) is 0 Å². The van der Waals surface area contributed by atoms with Crippen molar-refractivity contribution in [2.75, 3.05) is 30.3 Å². The molecule has 2 amide bonds. The summed E-state index contributed by atoms with van der Waals surface area (Å²) in [5.41, 5.74) is 10.9. The van der Waals surface area contributed by atoms with Crippen LogP contribution in [-0.4, -0.2) is 95.4 Å². The molecule has 2 aliphatic heterocycles. The molecule has 384 valence electrons. The minimum atomic E-state index is -0.171. The Morgan fingerprint density at radius 2 is 1.11 bits per heavy atom. The quantitative estimate of drug-likeness (QED) is 0.0756. The molecule has 8 heterocycles. The minimum absolute atomic E-state index is 0.140. The van der Waals surface area contributed by atoms with Crippen molar-refractivity contribution in [3.05, 3.63) is 143 Å². The third kappa shape index (κ3) is 12.2. The van der Waals surface area contributed by atoms with Gasteiger partial charge in [-0.15, -0.1) is 0 Å². The Hall–Kier alpha value is -8.10. The lowest BCUT2D eigenvalue weighted by Gasteiger charge is -2.25. The first-order valence-electron chi connectivity index (χ1n) is 25.1. The summed E-state index contributed by atoms with van der Waals surface area (Å²) >= 11 is 0. The molecule has 0 spiro atoms. The predicted molar refractivity (Wildman–Crippen MR) is 285 cm³/mol. The summed E-state index contributed by atoms with van der Waals surface area (Å²) in [6.45, 7) is 25.9. The zero-order valence-electron chi connectivity index (χ0n) is 43.7. The van der Waals surface area contributed by atoms with Gasteiger partial charge in [0.25, 0.3) is 11.8 Å². The molecule has 74 heavy (non-hydrogen) atoms. The second kappa shape index (κ2) is 21.5. The predicted octanol–water partition coefficient (Wildman–Crippen LogP) is 7.49. The van der Waals surface area contributed by atoms with E-state index in [2.05, 4.69) is 96.5 Å². The van der Waals surface area contributed by atoms with E-state index in [4.69, 9.17) is 5.10 Å². The summed E-state index contributed by atoms with van der Waals surface area (Å²) in [6.07, 6.45) is 9.89. The lowest BCUT2D eigenvalue weighted by molar-refractivity contribution is 0.0942. The maximum absolute atomic E-state index is 12.6. The number of hydrogen-bond acceptors (Lipinski definition) is 14. The molecule has 2 aromatic carbocycles. The smallest absolute Gasteiger partial charge is 0.254 e. The Labute approximate surface area is 431 Å². The van der Waals surface area contributed by atoms with Crippen molar-refractivity contribution in [2.24, 2.45) is 0 Å². The fourth-order valence-corrected chi connectivity index (χ4v) is 8.61. The fourth-order valence-electron chi connectivity index (χ4n) is 8.61. The third-order valence-electron chi connectivity index (χ3n) is 13.1. The van der Waals surface area contributed by atoms with Crippen LogP contribution in [-0.2, 0) is 50.3 Å². The Balaban J connectivity index is 0.000000182. The minimum Gasteiger partial charge on any atom is -0.348 e. The van der Waals surface area contributed by atoms with Crippen LogP contribution in [0.4, 0.5) is 23.3 Å². The Bertz CT molecular complexity index is 3250. The number of carbonyl (C=O) groups excluding carboxylic acids is 2. The Kier molecular flexibility index (Phi) is 14.8. The molecule has 0 radical (unpaired) electrons. The second-order valence-corrected chi connectivity index (χ2v) is 20.7. The van der Waals surface area contributed by atoms with Gasteiger partial charge in [0.1, 0.15) is 24.3 Å². The van der Waals surface area contributed by atoms with Crippen LogP contribution in [0.15, 0.2) is 98.1 Å². The zero-order valence-corrected chi connectivity index (χ0v) is 43.7. The summed E-state index contributed by atoms with van der Waals surface area (Å²) in [4.78, 5) is 45.4. The molecular formula is C54H66N18O2. The molecule has 0 atom stereocenters. The lowest BCUT2D eigenvalue weighted by Crippen LogP contribution is -2.33. The highest BCUT2D eigenvalue weighted by molar-refractivity contribution is 5.94. The van der Waals surface area contributed by atoms with E-state index in [1.54, 1.807) is 46.8 Å². The van der Waals surface area contributed by atoms with Crippen molar-refractivity contribution in [3.63, 3.8) is 0 Å². The van der Waals surface area contributed by atoms with Crippen LogP contribution in [0.2, 0.25) is 0 Å². The molecule has 10 rings (SSSR count). The molecular weight excluding hydrogens is 933 g/mol. The number of hydrogen-bond donors (Lipinski definition) is 5. The topological polar surface area (TPSA) is 220 Å². The van der Waals surface area contributed by atoms with Gasteiger partial charge < -0.3 is 26.6 Å². The highest BCUT2D eigenvalue weighted by atomic mass is 16.2. The summed E-state index contributed by atoms with van der Waals surface area (Å²) < 4.78 is 7.67. The normalized spacial score (nSPS) is 13.6. The molecule has 5 N–H and O–H groups in total. The largest absolute Gasteiger partial charge is 0.348 e. The lowest BCUT2D eigenvalue weighted by atomic mass is 10.0. The van der Waals surface area contributed by atoms with Gasteiger partial charge in [-0.2, -0.15) is 20.4 Å². The van der Waals surface area contributed by atoms with E-state index in [1.807, 2.05) is 103 Å². The number of nitrogens with one attached hydrogen (secondary N) is 5. The molecule has 0 unspecified atom stereocenters. The SMILES string of the molecule is CCN1CCn2nc(Nc3cc(-c4ccc(CNC(=O)c5cnn(C(C)(C)C)c5)c(C)c4)ncn3)cc2C1.Cc1cc(-c2cc(Nc3cc4n(n3)CCNC4)ncn2)ccc1CNC(=O)c1cnn(C(C)(C)C)c1. The van der Waals surface area contributed by atoms with Gasteiger partial charge in [0.05, 0.1) is 70.5 Å². The number of aryl methyl sites for hydroxylation is 2. The van der Waals surface area contributed by atoms with Crippen molar-refractivity contribution < 1.29 is 9.59 Å². The van der Waals surface area contributed by atoms with Gasteiger partial charge in [0.2, 0.25) is 0 Å². The number of amides is 2. The van der Waals surface area contributed by atoms with E-state index in [0.29, 0.717) is 35.9 Å². The first-order valence-corrected chi connectivity index (χ1v) is 25.1. The van der Waals surface area contributed by atoms with Crippen LogP contribution in [0, 0.1) is 13.8 Å². The van der Waals surface area contributed by atoms with Gasteiger partial charge in [-0.1, -0.05) is 31.2 Å². The van der Waals surface area contributed by atoms with Crippen molar-refractivity contribution in [1.29, 1.82) is 0 Å². The van der Waals surface area contributed by atoms with Gasteiger partial charge in [-0.05, 0) is 96.3 Å². The van der Waals surface area contributed by atoms with Gasteiger partial charge in [-0.25, -0.2) is 19.9 Å². The number of carbonyl (C=O) groups is 2. The Morgan fingerprint density at radius 3 is 1.57 bits per heavy atom. The summed E-state index contributed by atoms with van der Waals surface area (Å²) in [6, 6.07) is 20.2. The van der Waals surface area contributed by atoms with Crippen LogP contribution < -0.4 is 26.6 Å². The van der Waals surface area contributed by atoms with E-state index in [-0.39, 0.29) is 22.9 Å². The Morgan fingerprint density at radius 1 is 0.608 bits per heavy atom. The van der Waals surface area contributed by atoms with Gasteiger partial charge in [-0.3, -0.25) is 33.2 Å². The molecule has 0 fully saturated rings. The van der Waals surface area contributed by atoms with E-state index >= 15 is 0 Å². The molecule has 8 aromatic rings. The first kappa shape index (κ1) is 50.8.